The highest BCUT2D eigenvalue weighted by molar-refractivity contribution is 9.10. The Morgan fingerprint density at radius 2 is 1.71 bits per heavy atom. The second-order valence-corrected chi connectivity index (χ2v) is 5.68. The third-order valence-corrected chi connectivity index (χ3v) is 3.67. The maximum atomic E-state index is 11.8. The molecule has 0 aliphatic rings. The quantitative estimate of drug-likeness (QED) is 0.583. The van der Waals surface area contributed by atoms with E-state index in [9.17, 15) is 13.2 Å². The molecule has 0 nitrogen and oxygen atoms in total. The van der Waals surface area contributed by atoms with E-state index >= 15 is 0 Å². The summed E-state index contributed by atoms with van der Waals surface area (Å²) in [5.74, 6) is 0. The summed E-state index contributed by atoms with van der Waals surface area (Å²) in [5.41, 5.74) is -4.14. The fourth-order valence-electron chi connectivity index (χ4n) is 0.695. The van der Waals surface area contributed by atoms with Gasteiger partial charge in [-0.1, -0.05) is 15.9 Å². The molecule has 0 aliphatic heterocycles. The lowest BCUT2D eigenvalue weighted by Crippen LogP contribution is -1.99. The van der Waals surface area contributed by atoms with Gasteiger partial charge >= 0.3 is 5.51 Å². The maximum absolute atomic E-state index is 11.8. The van der Waals surface area contributed by atoms with Gasteiger partial charge in [0.05, 0.1) is 5.08 Å². The molecule has 0 aromatic heterocycles. The predicted molar refractivity (Wildman–Crippen MR) is 58.5 cm³/mol. The molecule has 0 N–H and O–H groups in total. The van der Waals surface area contributed by atoms with Crippen LogP contribution in [0.15, 0.2) is 33.6 Å². The third-order valence-electron chi connectivity index (χ3n) is 1.26. The van der Waals surface area contributed by atoms with E-state index in [0.29, 0.717) is 0 Å². The molecule has 1 rings (SSSR count). The highest BCUT2D eigenvalue weighted by Crippen LogP contribution is 2.35. The first-order chi connectivity index (χ1) is 6.47. The Labute approximate surface area is 96.8 Å². The molecule has 0 spiro atoms. The Hall–Kier alpha value is 0.190. The molecule has 6 heteroatoms. The number of hydrogen-bond donors (Lipinski definition) is 0. The van der Waals surface area contributed by atoms with Crippen molar-refractivity contribution >= 4 is 39.5 Å². The van der Waals surface area contributed by atoms with Crippen molar-refractivity contribution in [3.63, 3.8) is 0 Å². The normalized spacial score (nSPS) is 11.7. The molecule has 0 amide bonds. The molecule has 0 fully saturated rings. The van der Waals surface area contributed by atoms with Crippen molar-refractivity contribution in [3.8, 4) is 0 Å². The van der Waals surface area contributed by atoms with E-state index in [1.54, 1.807) is 24.3 Å². The van der Waals surface area contributed by atoms with Crippen molar-refractivity contribution in [2.45, 2.75) is 10.4 Å². The van der Waals surface area contributed by atoms with Crippen LogP contribution in [0.2, 0.25) is 0 Å². The molecule has 0 heterocycles. The van der Waals surface area contributed by atoms with E-state index in [0.717, 1.165) is 9.37 Å². The molecule has 0 saturated heterocycles. The highest BCUT2D eigenvalue weighted by atomic mass is 79.9. The Bertz CT molecular complexity index is 284. The van der Waals surface area contributed by atoms with Crippen LogP contribution >= 0.6 is 39.5 Å². The first kappa shape index (κ1) is 12.3. The van der Waals surface area contributed by atoms with Crippen LogP contribution in [-0.4, -0.2) is 10.6 Å². The molecule has 0 aliphatic carbocycles. The number of thioether (sulfide) groups is 2. The second-order valence-electron chi connectivity index (χ2n) is 2.31. The van der Waals surface area contributed by atoms with Gasteiger partial charge < -0.3 is 0 Å². The van der Waals surface area contributed by atoms with Crippen molar-refractivity contribution in [1.29, 1.82) is 0 Å². The van der Waals surface area contributed by atoms with Gasteiger partial charge in [-0.05, 0) is 36.0 Å². The number of rotatable bonds is 3. The van der Waals surface area contributed by atoms with E-state index in [2.05, 4.69) is 15.9 Å². The van der Waals surface area contributed by atoms with Gasteiger partial charge in [0.25, 0.3) is 0 Å². The van der Waals surface area contributed by atoms with Gasteiger partial charge in [-0.2, -0.15) is 13.2 Å². The van der Waals surface area contributed by atoms with E-state index in [1.807, 2.05) is 0 Å². The minimum absolute atomic E-state index is 0.00880. The summed E-state index contributed by atoms with van der Waals surface area (Å²) in [6, 6.07) is 7.18. The minimum atomic E-state index is -4.14. The Balaban J connectivity index is 2.35. The molecule has 1 aromatic carbocycles. The zero-order valence-electron chi connectivity index (χ0n) is 6.84. The van der Waals surface area contributed by atoms with Gasteiger partial charge in [-0.15, -0.1) is 11.8 Å². The number of halogens is 4. The summed E-state index contributed by atoms with van der Waals surface area (Å²) in [4.78, 5) is 0.838. The van der Waals surface area contributed by atoms with E-state index in [1.165, 1.54) is 11.8 Å². The average Bonchev–Trinajstić information content (AvgIpc) is 2.06. The summed E-state index contributed by atoms with van der Waals surface area (Å²) in [7, 11) is 0. The summed E-state index contributed by atoms with van der Waals surface area (Å²) in [5, 5.41) is -0.00880. The van der Waals surface area contributed by atoms with Crippen LogP contribution in [0.1, 0.15) is 0 Å². The summed E-state index contributed by atoms with van der Waals surface area (Å²) in [6.45, 7) is 0. The summed E-state index contributed by atoms with van der Waals surface area (Å²) in [6.07, 6.45) is 0. The number of hydrogen-bond acceptors (Lipinski definition) is 2. The zero-order valence-corrected chi connectivity index (χ0v) is 10.1. The molecule has 0 unspecified atom stereocenters. The Morgan fingerprint density at radius 1 is 1.14 bits per heavy atom. The molecule has 0 saturated carbocycles. The van der Waals surface area contributed by atoms with Crippen LogP contribution in [0.4, 0.5) is 13.2 Å². The van der Waals surface area contributed by atoms with Crippen molar-refractivity contribution < 1.29 is 13.2 Å². The van der Waals surface area contributed by atoms with Crippen molar-refractivity contribution in [3.05, 3.63) is 28.7 Å². The van der Waals surface area contributed by atoms with Gasteiger partial charge in [-0.25, -0.2) is 0 Å². The van der Waals surface area contributed by atoms with Crippen LogP contribution in [0.3, 0.4) is 0 Å². The fraction of sp³-hybridized carbons (Fsp3) is 0.250. The van der Waals surface area contributed by atoms with Gasteiger partial charge in [-0.3, -0.25) is 0 Å². The van der Waals surface area contributed by atoms with Crippen molar-refractivity contribution in [1.82, 2.24) is 0 Å². The third kappa shape index (κ3) is 5.17. The average molecular weight is 303 g/mol. The van der Waals surface area contributed by atoms with Crippen LogP contribution in [0.5, 0.6) is 0 Å². The first-order valence-corrected chi connectivity index (χ1v) is 6.33. The Morgan fingerprint density at radius 3 is 2.21 bits per heavy atom. The predicted octanol–water partition coefficient (Wildman–Crippen LogP) is 4.75. The molecule has 0 bridgehead atoms. The summed E-state index contributed by atoms with van der Waals surface area (Å²) >= 11 is 4.41. The SMILES string of the molecule is FC(F)(F)SCSc1ccc(Br)cc1. The van der Waals surface area contributed by atoms with Crippen molar-refractivity contribution in [2.75, 3.05) is 5.08 Å². The molecular weight excluding hydrogens is 297 g/mol. The topological polar surface area (TPSA) is 0 Å². The highest BCUT2D eigenvalue weighted by Gasteiger charge is 2.27. The molecule has 78 valence electrons. The van der Waals surface area contributed by atoms with Crippen LogP contribution in [0.25, 0.3) is 0 Å². The fourth-order valence-corrected chi connectivity index (χ4v) is 2.60. The van der Waals surface area contributed by atoms with E-state index in [-0.39, 0.29) is 16.8 Å². The second kappa shape index (κ2) is 5.32. The number of alkyl halides is 3. The van der Waals surface area contributed by atoms with Gasteiger partial charge in [0, 0.05) is 9.37 Å². The molecule has 14 heavy (non-hydrogen) atoms. The first-order valence-electron chi connectivity index (χ1n) is 3.56. The standard InChI is InChI=1S/C8H6BrF3S2/c9-6-1-3-7(4-2-6)13-5-14-8(10,11)12/h1-4H,5H2. The lowest BCUT2D eigenvalue weighted by molar-refractivity contribution is -0.0324. The zero-order chi connectivity index (χ0) is 10.6. The largest absolute Gasteiger partial charge is 0.442 e. The van der Waals surface area contributed by atoms with Gasteiger partial charge in [0.15, 0.2) is 0 Å². The van der Waals surface area contributed by atoms with Gasteiger partial charge in [0.1, 0.15) is 0 Å². The van der Waals surface area contributed by atoms with E-state index < -0.39 is 5.51 Å². The lowest BCUT2D eigenvalue weighted by Gasteiger charge is -2.04. The molecular formula is C8H6BrF3S2. The molecule has 1 aromatic rings. The van der Waals surface area contributed by atoms with Crippen molar-refractivity contribution in [2.24, 2.45) is 0 Å². The smallest absolute Gasteiger partial charge is 0.160 e. The molecule has 0 atom stereocenters. The van der Waals surface area contributed by atoms with Crippen LogP contribution in [0, 0.1) is 0 Å². The lowest BCUT2D eigenvalue weighted by atomic mass is 10.4. The van der Waals surface area contributed by atoms with Gasteiger partial charge in [0.2, 0.25) is 0 Å². The maximum Gasteiger partial charge on any atom is 0.442 e. The number of benzene rings is 1. The van der Waals surface area contributed by atoms with Crippen LogP contribution in [-0.2, 0) is 0 Å². The monoisotopic (exact) mass is 302 g/mol. The van der Waals surface area contributed by atoms with E-state index in [4.69, 9.17) is 0 Å². The summed E-state index contributed by atoms with van der Waals surface area (Å²) < 4.78 is 36.2. The molecule has 0 radical (unpaired) electrons. The van der Waals surface area contributed by atoms with Crippen LogP contribution < -0.4 is 0 Å². The Kier molecular flexibility index (Phi) is 4.66. The minimum Gasteiger partial charge on any atom is -0.160 e.